The van der Waals surface area contributed by atoms with Gasteiger partial charge in [-0.2, -0.15) is 4.09 Å². The lowest BCUT2D eigenvalue weighted by atomic mass is 10.2. The normalized spacial score (nSPS) is 11.5. The Morgan fingerprint density at radius 1 is 0.955 bits per heavy atom. The van der Waals surface area contributed by atoms with Crippen LogP contribution in [0.1, 0.15) is 5.56 Å². The zero-order valence-corrected chi connectivity index (χ0v) is 12.6. The SMILES string of the molecule is Nc1cc(-c2ccccc2)n(S(=O)(=O)Cc2ccccc2)n1. The van der Waals surface area contributed by atoms with E-state index in [1.165, 1.54) is 0 Å². The molecule has 3 aromatic rings. The highest BCUT2D eigenvalue weighted by atomic mass is 32.2. The first-order valence-electron chi connectivity index (χ1n) is 6.74. The Morgan fingerprint density at radius 3 is 2.18 bits per heavy atom. The van der Waals surface area contributed by atoms with E-state index in [1.54, 1.807) is 30.3 Å². The fourth-order valence-corrected chi connectivity index (χ4v) is 3.66. The molecule has 0 spiro atoms. The second-order valence-electron chi connectivity index (χ2n) is 4.91. The van der Waals surface area contributed by atoms with Gasteiger partial charge in [-0.1, -0.05) is 60.7 Å². The highest BCUT2D eigenvalue weighted by Crippen LogP contribution is 2.24. The molecule has 1 aromatic heterocycles. The Kier molecular flexibility index (Phi) is 3.68. The maximum Gasteiger partial charge on any atom is 0.258 e. The minimum Gasteiger partial charge on any atom is -0.382 e. The molecular formula is C16H15N3O2S. The Morgan fingerprint density at radius 2 is 1.55 bits per heavy atom. The van der Waals surface area contributed by atoms with Gasteiger partial charge in [-0.05, 0) is 5.56 Å². The first-order valence-corrected chi connectivity index (χ1v) is 8.35. The lowest BCUT2D eigenvalue weighted by molar-refractivity contribution is 0.580. The summed E-state index contributed by atoms with van der Waals surface area (Å²) in [6.45, 7) is 0. The van der Waals surface area contributed by atoms with Crippen LogP contribution in [-0.4, -0.2) is 17.6 Å². The second kappa shape index (κ2) is 5.65. The minimum absolute atomic E-state index is 0.130. The highest BCUT2D eigenvalue weighted by molar-refractivity contribution is 7.89. The van der Waals surface area contributed by atoms with Gasteiger partial charge in [-0.25, -0.2) is 8.42 Å². The molecule has 22 heavy (non-hydrogen) atoms. The van der Waals surface area contributed by atoms with Gasteiger partial charge >= 0.3 is 0 Å². The molecule has 2 N–H and O–H groups in total. The quantitative estimate of drug-likeness (QED) is 0.803. The molecule has 6 heteroatoms. The van der Waals surface area contributed by atoms with Crippen LogP contribution in [-0.2, 0) is 15.8 Å². The van der Waals surface area contributed by atoms with Crippen LogP contribution >= 0.6 is 0 Å². The number of nitrogens with two attached hydrogens (primary N) is 1. The fourth-order valence-electron chi connectivity index (χ4n) is 2.24. The van der Waals surface area contributed by atoms with Gasteiger partial charge in [0.25, 0.3) is 10.0 Å². The molecule has 0 radical (unpaired) electrons. The van der Waals surface area contributed by atoms with Gasteiger partial charge in [0.15, 0.2) is 0 Å². The highest BCUT2D eigenvalue weighted by Gasteiger charge is 2.21. The number of rotatable bonds is 4. The van der Waals surface area contributed by atoms with Crippen molar-refractivity contribution in [2.24, 2.45) is 0 Å². The van der Waals surface area contributed by atoms with Crippen molar-refractivity contribution in [2.45, 2.75) is 5.75 Å². The maximum atomic E-state index is 12.7. The van der Waals surface area contributed by atoms with Crippen LogP contribution in [0.25, 0.3) is 11.3 Å². The van der Waals surface area contributed by atoms with E-state index in [4.69, 9.17) is 5.73 Å². The minimum atomic E-state index is -3.65. The number of nitrogen functional groups attached to an aromatic ring is 1. The molecule has 0 unspecified atom stereocenters. The second-order valence-corrected chi connectivity index (χ2v) is 6.70. The Hall–Kier alpha value is -2.60. The van der Waals surface area contributed by atoms with Crippen molar-refractivity contribution in [1.29, 1.82) is 0 Å². The summed E-state index contributed by atoms with van der Waals surface area (Å²) in [5, 5.41) is 3.96. The van der Waals surface area contributed by atoms with Crippen LogP contribution in [0.15, 0.2) is 66.7 Å². The average molecular weight is 313 g/mol. The van der Waals surface area contributed by atoms with Gasteiger partial charge in [-0.15, -0.1) is 5.10 Å². The van der Waals surface area contributed by atoms with E-state index in [0.717, 1.165) is 9.65 Å². The average Bonchev–Trinajstić information content (AvgIpc) is 2.92. The zero-order valence-electron chi connectivity index (χ0n) is 11.8. The van der Waals surface area contributed by atoms with Crippen LogP contribution in [0.5, 0.6) is 0 Å². The molecule has 0 atom stereocenters. The molecule has 5 nitrogen and oxygen atoms in total. The lowest BCUT2D eigenvalue weighted by Gasteiger charge is -2.08. The van der Waals surface area contributed by atoms with E-state index in [9.17, 15) is 8.42 Å². The van der Waals surface area contributed by atoms with Crippen LogP contribution in [0.3, 0.4) is 0 Å². The van der Waals surface area contributed by atoms with Gasteiger partial charge < -0.3 is 5.73 Å². The van der Waals surface area contributed by atoms with E-state index in [1.807, 2.05) is 36.4 Å². The monoisotopic (exact) mass is 313 g/mol. The molecule has 0 saturated heterocycles. The summed E-state index contributed by atoms with van der Waals surface area (Å²) in [5.41, 5.74) is 7.63. The van der Waals surface area contributed by atoms with E-state index >= 15 is 0 Å². The number of anilines is 1. The van der Waals surface area contributed by atoms with Crippen molar-refractivity contribution in [3.63, 3.8) is 0 Å². The van der Waals surface area contributed by atoms with Gasteiger partial charge in [-0.3, -0.25) is 0 Å². The number of hydrogen-bond acceptors (Lipinski definition) is 4. The molecule has 0 fully saturated rings. The number of nitrogens with zero attached hydrogens (tertiary/aromatic N) is 2. The maximum absolute atomic E-state index is 12.7. The summed E-state index contributed by atoms with van der Waals surface area (Å²) in [6, 6.07) is 19.8. The fraction of sp³-hybridized carbons (Fsp3) is 0.0625. The summed E-state index contributed by atoms with van der Waals surface area (Å²) in [4.78, 5) is 0. The topological polar surface area (TPSA) is 78.0 Å². The van der Waals surface area contributed by atoms with Gasteiger partial charge in [0.2, 0.25) is 0 Å². The lowest BCUT2D eigenvalue weighted by Crippen LogP contribution is -2.17. The molecule has 2 aromatic carbocycles. The van der Waals surface area contributed by atoms with E-state index in [0.29, 0.717) is 11.3 Å². The Balaban J connectivity index is 2.05. The third kappa shape index (κ3) is 2.87. The van der Waals surface area contributed by atoms with Crippen molar-refractivity contribution >= 4 is 15.8 Å². The van der Waals surface area contributed by atoms with E-state index in [-0.39, 0.29) is 11.6 Å². The standard InChI is InChI=1S/C16H15N3O2S/c17-16-11-15(14-9-5-2-6-10-14)19(18-16)22(20,21)12-13-7-3-1-4-8-13/h1-11H,12H2,(H2,17,18). The molecule has 0 aliphatic rings. The van der Waals surface area contributed by atoms with Gasteiger partial charge in [0, 0.05) is 11.6 Å². The van der Waals surface area contributed by atoms with Crippen molar-refractivity contribution in [3.05, 3.63) is 72.3 Å². The van der Waals surface area contributed by atoms with Crippen molar-refractivity contribution < 1.29 is 8.42 Å². The largest absolute Gasteiger partial charge is 0.382 e. The number of hydrogen-bond donors (Lipinski definition) is 1. The van der Waals surface area contributed by atoms with Crippen LogP contribution in [0, 0.1) is 0 Å². The molecule has 0 bridgehead atoms. The molecule has 3 rings (SSSR count). The summed E-state index contributed by atoms with van der Waals surface area (Å²) >= 11 is 0. The summed E-state index contributed by atoms with van der Waals surface area (Å²) in [6.07, 6.45) is 0. The zero-order chi connectivity index (χ0) is 15.6. The Labute approximate surface area is 129 Å². The predicted octanol–water partition coefficient (Wildman–Crippen LogP) is 2.51. The molecule has 0 amide bonds. The molecular weight excluding hydrogens is 298 g/mol. The van der Waals surface area contributed by atoms with Gasteiger partial charge in [0.05, 0.1) is 11.4 Å². The summed E-state index contributed by atoms with van der Waals surface area (Å²) in [7, 11) is -3.65. The van der Waals surface area contributed by atoms with E-state index < -0.39 is 10.0 Å². The van der Waals surface area contributed by atoms with Crippen LogP contribution in [0.4, 0.5) is 5.82 Å². The van der Waals surface area contributed by atoms with Crippen molar-refractivity contribution in [1.82, 2.24) is 9.19 Å². The molecule has 112 valence electrons. The van der Waals surface area contributed by atoms with Crippen LogP contribution < -0.4 is 5.73 Å². The first kappa shape index (κ1) is 14.3. The number of benzene rings is 2. The third-order valence-electron chi connectivity index (χ3n) is 3.22. The molecule has 0 saturated carbocycles. The number of aromatic nitrogens is 2. The molecule has 0 aliphatic carbocycles. The van der Waals surface area contributed by atoms with Crippen LogP contribution in [0.2, 0.25) is 0 Å². The summed E-state index contributed by atoms with van der Waals surface area (Å²) in [5.74, 6) is 0.0462. The molecule has 1 heterocycles. The first-order chi connectivity index (χ1) is 10.6. The molecule has 0 aliphatic heterocycles. The smallest absolute Gasteiger partial charge is 0.258 e. The predicted molar refractivity (Wildman–Crippen MR) is 86.5 cm³/mol. The van der Waals surface area contributed by atoms with Crippen molar-refractivity contribution in [3.8, 4) is 11.3 Å². The Bertz CT molecular complexity index is 872. The third-order valence-corrected chi connectivity index (χ3v) is 4.73. The van der Waals surface area contributed by atoms with E-state index in [2.05, 4.69) is 5.10 Å². The summed E-state index contributed by atoms with van der Waals surface area (Å²) < 4.78 is 26.3. The van der Waals surface area contributed by atoms with Gasteiger partial charge in [0.1, 0.15) is 5.82 Å². The van der Waals surface area contributed by atoms with Crippen molar-refractivity contribution in [2.75, 3.05) is 5.73 Å².